The maximum atomic E-state index is 12.6. The third kappa shape index (κ3) is 2.50. The molecule has 0 aromatic carbocycles. The lowest BCUT2D eigenvalue weighted by Gasteiger charge is -2.08. The summed E-state index contributed by atoms with van der Waals surface area (Å²) in [5.41, 5.74) is 0.887. The lowest BCUT2D eigenvalue weighted by atomic mass is 10.4. The Morgan fingerprint density at radius 3 is 3.09 bits per heavy atom. The minimum absolute atomic E-state index is 0.0455. The highest BCUT2D eigenvalue weighted by Crippen LogP contribution is 2.31. The maximum absolute atomic E-state index is 12.6. The third-order valence-corrected chi connectivity index (χ3v) is 5.96. The Labute approximate surface area is 143 Å². The van der Waals surface area contributed by atoms with Gasteiger partial charge in [-0.2, -0.15) is 0 Å². The topological polar surface area (TPSA) is 65.1 Å². The molecular weight excluding hydrogens is 350 g/mol. The van der Waals surface area contributed by atoms with Gasteiger partial charge in [0.25, 0.3) is 5.56 Å². The molecule has 23 heavy (non-hydrogen) atoms. The Morgan fingerprint density at radius 2 is 2.30 bits per heavy atom. The van der Waals surface area contributed by atoms with Crippen LogP contribution in [0.1, 0.15) is 5.69 Å². The predicted octanol–water partition coefficient (Wildman–Crippen LogP) is 3.21. The number of thiophene rings is 1. The van der Waals surface area contributed by atoms with E-state index in [0.717, 1.165) is 19.8 Å². The van der Waals surface area contributed by atoms with Gasteiger partial charge in [0.05, 0.1) is 17.3 Å². The molecule has 4 aromatic heterocycles. The van der Waals surface area contributed by atoms with Crippen molar-refractivity contribution in [1.29, 1.82) is 0 Å². The van der Waals surface area contributed by atoms with Crippen LogP contribution in [-0.2, 0) is 6.54 Å². The van der Waals surface area contributed by atoms with Crippen LogP contribution < -0.4 is 5.56 Å². The van der Waals surface area contributed by atoms with E-state index in [9.17, 15) is 4.79 Å². The summed E-state index contributed by atoms with van der Waals surface area (Å²) in [6, 6.07) is 1.81. The number of aromatic nitrogens is 5. The number of hydrogen-bond donors (Lipinski definition) is 0. The van der Waals surface area contributed by atoms with Crippen LogP contribution in [0.4, 0.5) is 0 Å². The van der Waals surface area contributed by atoms with Crippen molar-refractivity contribution in [3.63, 3.8) is 0 Å². The van der Waals surface area contributed by atoms with Gasteiger partial charge in [-0.3, -0.25) is 9.36 Å². The smallest absolute Gasteiger partial charge is 0.263 e. The SMILES string of the molecule is C=CCn1c(Sc2nn3cc(C)nc3s2)nc2sccc2c1=O. The van der Waals surface area contributed by atoms with Crippen LogP contribution in [0.15, 0.2) is 44.6 Å². The fraction of sp³-hybridized carbons (Fsp3) is 0.143. The molecule has 0 spiro atoms. The number of rotatable bonds is 4. The molecule has 4 aromatic rings. The highest BCUT2D eigenvalue weighted by Gasteiger charge is 2.15. The third-order valence-electron chi connectivity index (χ3n) is 3.18. The molecule has 0 saturated carbocycles. The zero-order chi connectivity index (χ0) is 16.0. The molecule has 0 radical (unpaired) electrons. The quantitative estimate of drug-likeness (QED) is 0.412. The van der Waals surface area contributed by atoms with Gasteiger partial charge in [-0.15, -0.1) is 23.0 Å². The fourth-order valence-electron chi connectivity index (χ4n) is 2.21. The van der Waals surface area contributed by atoms with Gasteiger partial charge in [-0.1, -0.05) is 17.4 Å². The van der Waals surface area contributed by atoms with Crippen molar-refractivity contribution in [2.75, 3.05) is 0 Å². The van der Waals surface area contributed by atoms with Gasteiger partial charge in [-0.05, 0) is 30.1 Å². The zero-order valence-corrected chi connectivity index (χ0v) is 14.5. The second kappa shape index (κ2) is 5.59. The number of nitrogens with zero attached hydrogens (tertiary/aromatic N) is 5. The zero-order valence-electron chi connectivity index (χ0n) is 12.1. The number of aryl methyl sites for hydroxylation is 1. The van der Waals surface area contributed by atoms with Crippen LogP contribution in [0.5, 0.6) is 0 Å². The first-order valence-electron chi connectivity index (χ1n) is 6.75. The standard InChI is InChI=1S/C14H11N5OS3/c1-3-5-18-11(20)9-4-6-21-10(9)16-12(18)22-14-17-19-7-8(2)15-13(19)23-14/h3-4,6-7H,1,5H2,2H3. The van der Waals surface area contributed by atoms with Gasteiger partial charge >= 0.3 is 0 Å². The van der Waals surface area contributed by atoms with Crippen molar-refractivity contribution in [2.24, 2.45) is 0 Å². The van der Waals surface area contributed by atoms with E-state index in [-0.39, 0.29) is 5.56 Å². The van der Waals surface area contributed by atoms with E-state index >= 15 is 0 Å². The van der Waals surface area contributed by atoms with Gasteiger partial charge in [0.15, 0.2) is 9.50 Å². The normalized spacial score (nSPS) is 11.5. The van der Waals surface area contributed by atoms with Crippen LogP contribution >= 0.6 is 34.4 Å². The van der Waals surface area contributed by atoms with E-state index in [1.807, 2.05) is 24.6 Å². The highest BCUT2D eigenvalue weighted by molar-refractivity contribution is 8.01. The van der Waals surface area contributed by atoms with E-state index in [0.29, 0.717) is 17.1 Å². The molecule has 0 fully saturated rings. The van der Waals surface area contributed by atoms with Crippen LogP contribution in [0.25, 0.3) is 15.2 Å². The highest BCUT2D eigenvalue weighted by atomic mass is 32.2. The Balaban J connectivity index is 1.82. The molecule has 9 heteroatoms. The minimum atomic E-state index is -0.0455. The molecule has 0 bridgehead atoms. The summed E-state index contributed by atoms with van der Waals surface area (Å²) in [6.07, 6.45) is 3.58. The molecule has 0 aliphatic carbocycles. The lowest BCUT2D eigenvalue weighted by Crippen LogP contribution is -2.22. The average molecular weight is 361 g/mol. The summed E-state index contributed by atoms with van der Waals surface area (Å²) >= 11 is 4.32. The van der Waals surface area contributed by atoms with Gasteiger partial charge in [0.2, 0.25) is 4.96 Å². The minimum Gasteiger partial charge on any atom is -0.283 e. The first kappa shape index (κ1) is 14.6. The second-order valence-electron chi connectivity index (χ2n) is 4.82. The average Bonchev–Trinajstić information content (AvgIpc) is 3.17. The first-order chi connectivity index (χ1) is 11.2. The van der Waals surface area contributed by atoms with E-state index < -0.39 is 0 Å². The second-order valence-corrected chi connectivity index (χ2v) is 7.88. The van der Waals surface area contributed by atoms with Gasteiger partial charge in [0, 0.05) is 6.54 Å². The molecule has 0 unspecified atom stereocenters. The van der Waals surface area contributed by atoms with Crippen LogP contribution in [0, 0.1) is 6.92 Å². The number of fused-ring (bicyclic) bond motifs is 2. The molecular formula is C14H11N5OS3. The number of hydrogen-bond acceptors (Lipinski definition) is 7. The Morgan fingerprint density at radius 1 is 1.43 bits per heavy atom. The Bertz CT molecular complexity index is 1060. The van der Waals surface area contributed by atoms with E-state index in [1.54, 1.807) is 15.2 Å². The van der Waals surface area contributed by atoms with E-state index in [2.05, 4.69) is 21.6 Å². The largest absolute Gasteiger partial charge is 0.283 e. The van der Waals surface area contributed by atoms with Crippen LogP contribution in [0.3, 0.4) is 0 Å². The molecule has 0 saturated heterocycles. The molecule has 116 valence electrons. The van der Waals surface area contributed by atoms with Crippen molar-refractivity contribution in [3.8, 4) is 0 Å². The lowest BCUT2D eigenvalue weighted by molar-refractivity contribution is 0.672. The molecule has 0 amide bonds. The van der Waals surface area contributed by atoms with Crippen molar-refractivity contribution in [2.45, 2.75) is 23.0 Å². The summed E-state index contributed by atoms with van der Waals surface area (Å²) in [6.45, 7) is 6.08. The first-order valence-corrected chi connectivity index (χ1v) is 9.26. The monoisotopic (exact) mass is 361 g/mol. The van der Waals surface area contributed by atoms with E-state index in [4.69, 9.17) is 0 Å². The Hall–Kier alpha value is -1.97. The summed E-state index contributed by atoms with van der Waals surface area (Å²) in [5, 5.41) is 7.63. The van der Waals surface area contributed by atoms with Crippen molar-refractivity contribution in [1.82, 2.24) is 24.1 Å². The molecule has 0 N–H and O–H groups in total. The van der Waals surface area contributed by atoms with Gasteiger partial charge in [0.1, 0.15) is 4.83 Å². The van der Waals surface area contributed by atoms with Crippen molar-refractivity contribution >= 4 is 49.6 Å². The number of imidazole rings is 1. The van der Waals surface area contributed by atoms with Crippen LogP contribution in [-0.4, -0.2) is 24.1 Å². The molecule has 6 nitrogen and oxygen atoms in total. The molecule has 0 aliphatic heterocycles. The molecule has 4 heterocycles. The molecule has 0 aliphatic rings. The Kier molecular flexibility index (Phi) is 3.55. The maximum Gasteiger partial charge on any atom is 0.263 e. The van der Waals surface area contributed by atoms with Gasteiger partial charge in [-0.25, -0.2) is 14.5 Å². The summed E-state index contributed by atoms with van der Waals surface area (Å²) < 4.78 is 4.18. The van der Waals surface area contributed by atoms with Crippen molar-refractivity contribution < 1.29 is 0 Å². The fourth-order valence-corrected chi connectivity index (χ4v) is 4.99. The molecule has 4 rings (SSSR count). The number of allylic oxidation sites excluding steroid dienone is 1. The van der Waals surface area contributed by atoms with Gasteiger partial charge < -0.3 is 0 Å². The predicted molar refractivity (Wildman–Crippen MR) is 93.8 cm³/mol. The van der Waals surface area contributed by atoms with Crippen LogP contribution in [0.2, 0.25) is 0 Å². The summed E-state index contributed by atoms with van der Waals surface area (Å²) in [4.78, 5) is 23.2. The molecule has 0 atom stereocenters. The summed E-state index contributed by atoms with van der Waals surface area (Å²) in [7, 11) is 0. The summed E-state index contributed by atoms with van der Waals surface area (Å²) in [5.74, 6) is 0. The van der Waals surface area contributed by atoms with Crippen molar-refractivity contribution in [3.05, 3.63) is 46.3 Å². The van der Waals surface area contributed by atoms with E-state index in [1.165, 1.54) is 34.4 Å².